The number of aryl methyl sites for hydroxylation is 1. The van der Waals surface area contributed by atoms with Crippen LogP contribution in [0.25, 0.3) is 11.2 Å². The molecular formula is C20H24N6O2. The third-order valence-corrected chi connectivity index (χ3v) is 5.02. The number of imidazole rings is 1. The van der Waals surface area contributed by atoms with Gasteiger partial charge in [0.15, 0.2) is 5.65 Å². The van der Waals surface area contributed by atoms with Crippen molar-refractivity contribution in [2.45, 2.75) is 31.9 Å². The van der Waals surface area contributed by atoms with Crippen molar-refractivity contribution in [3.63, 3.8) is 0 Å². The molecule has 28 heavy (non-hydrogen) atoms. The van der Waals surface area contributed by atoms with E-state index in [1.807, 2.05) is 6.07 Å². The Bertz CT molecular complexity index is 924. The summed E-state index contributed by atoms with van der Waals surface area (Å²) in [4.78, 5) is 21.8. The van der Waals surface area contributed by atoms with Crippen LogP contribution >= 0.6 is 0 Å². The Morgan fingerprint density at radius 2 is 2.14 bits per heavy atom. The number of carbonyl (C=O) groups excluding carboxylic acids is 1. The van der Waals surface area contributed by atoms with Crippen molar-refractivity contribution in [1.82, 2.24) is 30.4 Å². The summed E-state index contributed by atoms with van der Waals surface area (Å²) in [5, 5.41) is 20.8. The van der Waals surface area contributed by atoms with Crippen molar-refractivity contribution < 1.29 is 9.90 Å². The van der Waals surface area contributed by atoms with Gasteiger partial charge in [-0.25, -0.2) is 4.98 Å². The lowest BCUT2D eigenvalue weighted by atomic mass is 10.00. The number of amides is 1. The highest BCUT2D eigenvalue weighted by Crippen LogP contribution is 2.18. The van der Waals surface area contributed by atoms with Crippen LogP contribution in [0, 0.1) is 0 Å². The molecule has 1 aliphatic heterocycles. The number of aliphatic hydroxyl groups excluding tert-OH is 1. The number of β-amino-alcohol motifs (C(OH)–C–C–N with tert-alkyl or cyclic N) is 1. The molecule has 1 atom stereocenters. The number of aliphatic hydroxyl groups is 1. The first-order valence-corrected chi connectivity index (χ1v) is 9.57. The zero-order chi connectivity index (χ0) is 19.3. The topological polar surface area (TPSA) is 107 Å². The largest absolute Gasteiger partial charge is 0.390 e. The van der Waals surface area contributed by atoms with Crippen LogP contribution in [0.15, 0.2) is 36.5 Å². The van der Waals surface area contributed by atoms with Gasteiger partial charge in [-0.05, 0) is 23.6 Å². The Morgan fingerprint density at radius 1 is 1.29 bits per heavy atom. The lowest BCUT2D eigenvalue weighted by Gasteiger charge is -2.30. The van der Waals surface area contributed by atoms with Crippen LogP contribution in [0.5, 0.6) is 0 Å². The van der Waals surface area contributed by atoms with Gasteiger partial charge in [0.1, 0.15) is 5.82 Å². The maximum atomic E-state index is 12.1. The molecule has 0 saturated heterocycles. The number of benzene rings is 1. The van der Waals surface area contributed by atoms with Crippen LogP contribution in [-0.2, 0) is 24.2 Å². The highest BCUT2D eigenvalue weighted by Gasteiger charge is 2.18. The second-order valence-electron chi connectivity index (χ2n) is 7.16. The molecule has 3 heterocycles. The van der Waals surface area contributed by atoms with Crippen LogP contribution in [0.2, 0.25) is 0 Å². The molecule has 2 aromatic heterocycles. The van der Waals surface area contributed by atoms with E-state index in [0.717, 1.165) is 25.0 Å². The van der Waals surface area contributed by atoms with Gasteiger partial charge in [-0.15, -0.1) is 5.10 Å². The monoisotopic (exact) mass is 380 g/mol. The predicted molar refractivity (Wildman–Crippen MR) is 104 cm³/mol. The maximum Gasteiger partial charge on any atom is 0.220 e. The van der Waals surface area contributed by atoms with Gasteiger partial charge in [-0.2, -0.15) is 5.10 Å². The number of hydrogen-bond acceptors (Lipinski definition) is 6. The molecule has 0 spiro atoms. The molecule has 0 aliphatic carbocycles. The molecule has 1 aromatic carbocycles. The van der Waals surface area contributed by atoms with Gasteiger partial charge >= 0.3 is 0 Å². The first-order valence-electron chi connectivity index (χ1n) is 9.57. The normalized spacial score (nSPS) is 15.3. The summed E-state index contributed by atoms with van der Waals surface area (Å²) >= 11 is 0. The summed E-state index contributed by atoms with van der Waals surface area (Å²) in [6.45, 7) is 2.58. The van der Waals surface area contributed by atoms with E-state index in [-0.39, 0.29) is 12.5 Å². The van der Waals surface area contributed by atoms with Gasteiger partial charge in [-0.1, -0.05) is 24.3 Å². The summed E-state index contributed by atoms with van der Waals surface area (Å²) < 4.78 is 0. The summed E-state index contributed by atoms with van der Waals surface area (Å²) in [6, 6.07) is 10.2. The predicted octanol–water partition coefficient (Wildman–Crippen LogP) is 0.821. The van der Waals surface area contributed by atoms with E-state index in [2.05, 4.69) is 48.6 Å². The molecule has 0 fully saturated rings. The van der Waals surface area contributed by atoms with Crippen LogP contribution in [0.4, 0.5) is 0 Å². The molecule has 8 nitrogen and oxygen atoms in total. The number of fused-ring (bicyclic) bond motifs is 2. The standard InChI is InChI=1S/C20H24N6O2/c27-16(13-26-10-8-14-3-1-2-4-15(14)12-26)11-21-19(28)6-5-18-23-17-7-9-22-25-20(17)24-18/h1-4,7,9,16,27H,5-6,8,10-13H2,(H,21,28)(H,23,24,25)/t16-/m1/s1. The molecule has 1 aliphatic rings. The maximum absolute atomic E-state index is 12.1. The Labute approximate surface area is 163 Å². The average molecular weight is 380 g/mol. The summed E-state index contributed by atoms with van der Waals surface area (Å²) in [7, 11) is 0. The fourth-order valence-electron chi connectivity index (χ4n) is 3.56. The van der Waals surface area contributed by atoms with Gasteiger partial charge in [0.25, 0.3) is 0 Å². The molecule has 8 heteroatoms. The van der Waals surface area contributed by atoms with Crippen LogP contribution in [0.1, 0.15) is 23.4 Å². The van der Waals surface area contributed by atoms with Crippen molar-refractivity contribution in [2.75, 3.05) is 19.6 Å². The zero-order valence-electron chi connectivity index (χ0n) is 15.6. The van der Waals surface area contributed by atoms with Gasteiger partial charge in [-0.3, -0.25) is 9.69 Å². The van der Waals surface area contributed by atoms with Gasteiger partial charge in [0, 0.05) is 39.0 Å². The number of carbonyl (C=O) groups is 1. The number of aromatic amines is 1. The van der Waals surface area contributed by atoms with E-state index in [1.54, 1.807) is 12.3 Å². The number of nitrogens with zero attached hydrogens (tertiary/aromatic N) is 4. The molecule has 0 radical (unpaired) electrons. The molecule has 3 aromatic rings. The smallest absolute Gasteiger partial charge is 0.220 e. The van der Waals surface area contributed by atoms with Crippen molar-refractivity contribution in [2.24, 2.45) is 0 Å². The summed E-state index contributed by atoms with van der Waals surface area (Å²) in [5.41, 5.74) is 4.07. The minimum Gasteiger partial charge on any atom is -0.390 e. The molecule has 0 saturated carbocycles. The summed E-state index contributed by atoms with van der Waals surface area (Å²) in [5.74, 6) is 0.604. The third kappa shape index (κ3) is 4.52. The molecule has 0 unspecified atom stereocenters. The van der Waals surface area contributed by atoms with Crippen LogP contribution < -0.4 is 5.32 Å². The minimum absolute atomic E-state index is 0.102. The number of H-pyrrole nitrogens is 1. The fourth-order valence-corrected chi connectivity index (χ4v) is 3.56. The van der Waals surface area contributed by atoms with Gasteiger partial charge in [0.2, 0.25) is 5.91 Å². The Balaban J connectivity index is 1.19. The van der Waals surface area contributed by atoms with E-state index in [1.165, 1.54) is 11.1 Å². The van der Waals surface area contributed by atoms with E-state index in [9.17, 15) is 9.90 Å². The Kier molecular flexibility index (Phi) is 5.59. The molecule has 1 amide bonds. The zero-order valence-corrected chi connectivity index (χ0v) is 15.6. The second-order valence-corrected chi connectivity index (χ2v) is 7.16. The minimum atomic E-state index is -0.587. The molecule has 146 valence electrons. The number of rotatable bonds is 7. The lowest BCUT2D eigenvalue weighted by Crippen LogP contribution is -2.42. The molecule has 4 rings (SSSR count). The third-order valence-electron chi connectivity index (χ3n) is 5.02. The highest BCUT2D eigenvalue weighted by molar-refractivity contribution is 5.76. The Morgan fingerprint density at radius 3 is 3.00 bits per heavy atom. The molecule has 0 bridgehead atoms. The first-order chi connectivity index (χ1) is 13.7. The lowest BCUT2D eigenvalue weighted by molar-refractivity contribution is -0.121. The molecular weight excluding hydrogens is 356 g/mol. The number of nitrogens with one attached hydrogen (secondary N) is 2. The Hall–Kier alpha value is -2.84. The average Bonchev–Trinajstić information content (AvgIpc) is 3.14. The quantitative estimate of drug-likeness (QED) is 0.560. The van der Waals surface area contributed by atoms with E-state index in [4.69, 9.17) is 0 Å². The van der Waals surface area contributed by atoms with Gasteiger partial charge < -0.3 is 15.4 Å². The fraction of sp³-hybridized carbons (Fsp3) is 0.400. The van der Waals surface area contributed by atoms with Gasteiger partial charge in [0.05, 0.1) is 17.8 Å². The van der Waals surface area contributed by atoms with Crippen molar-refractivity contribution in [3.8, 4) is 0 Å². The van der Waals surface area contributed by atoms with Crippen LogP contribution in [-0.4, -0.2) is 61.8 Å². The van der Waals surface area contributed by atoms with E-state index < -0.39 is 6.10 Å². The van der Waals surface area contributed by atoms with E-state index >= 15 is 0 Å². The molecule has 3 N–H and O–H groups in total. The second kappa shape index (κ2) is 8.45. The highest BCUT2D eigenvalue weighted by atomic mass is 16.3. The number of hydrogen-bond donors (Lipinski definition) is 3. The SMILES string of the molecule is O=C(CCc1nc2nnccc2[nH]1)NC[C@@H](O)CN1CCc2ccccc2C1. The number of aromatic nitrogens is 4. The summed E-state index contributed by atoms with van der Waals surface area (Å²) in [6.07, 6.45) is 2.80. The van der Waals surface area contributed by atoms with Crippen molar-refractivity contribution >= 4 is 17.1 Å². The van der Waals surface area contributed by atoms with Crippen LogP contribution in [0.3, 0.4) is 0 Å². The van der Waals surface area contributed by atoms with Crippen molar-refractivity contribution in [3.05, 3.63) is 53.5 Å². The van der Waals surface area contributed by atoms with E-state index in [0.29, 0.717) is 30.9 Å². The first kappa shape index (κ1) is 18.5. The van der Waals surface area contributed by atoms with Crippen molar-refractivity contribution in [1.29, 1.82) is 0 Å².